The molecular weight excluding hydrogens is 398 g/mol. The van der Waals surface area contributed by atoms with Gasteiger partial charge in [0.1, 0.15) is 0 Å². The molecule has 0 saturated carbocycles. The number of carbonyl (C=O) groups is 2. The summed E-state index contributed by atoms with van der Waals surface area (Å²) in [5.41, 5.74) is 3.99. The summed E-state index contributed by atoms with van der Waals surface area (Å²) < 4.78 is 0.769. The maximum atomic E-state index is 11.9. The molecule has 1 aromatic carbocycles. The molecule has 0 bridgehead atoms. The van der Waals surface area contributed by atoms with Gasteiger partial charge in [0.2, 0.25) is 0 Å². The van der Waals surface area contributed by atoms with Crippen molar-refractivity contribution in [3.63, 3.8) is 0 Å². The molecule has 0 aliphatic rings. The maximum Gasteiger partial charge on any atom is 0.279 e. The third-order valence-electron chi connectivity index (χ3n) is 2.49. The SMILES string of the molecule is O=C(NNC(=O)c1cc([N+](=O)[O-])ccc1Cl)c1ccc(Br)s1. The standard InChI is InChI=1S/C12H7BrClN3O4S/c13-10-4-3-9(22-10)12(19)16-15-11(18)7-5-6(17(20)21)1-2-8(7)14/h1-5H,(H,15,18)(H,16,19). The van der Waals surface area contributed by atoms with Crippen molar-refractivity contribution >= 4 is 56.4 Å². The number of benzene rings is 1. The molecule has 7 nitrogen and oxygen atoms in total. The predicted octanol–water partition coefficient (Wildman–Crippen LogP) is 3.15. The lowest BCUT2D eigenvalue weighted by Gasteiger charge is -2.07. The Morgan fingerprint density at radius 2 is 1.86 bits per heavy atom. The van der Waals surface area contributed by atoms with Crippen LogP contribution in [-0.2, 0) is 0 Å². The fourth-order valence-corrected chi connectivity index (χ4v) is 2.96. The molecule has 22 heavy (non-hydrogen) atoms. The fourth-order valence-electron chi connectivity index (χ4n) is 1.48. The van der Waals surface area contributed by atoms with Crippen LogP contribution in [0.5, 0.6) is 0 Å². The van der Waals surface area contributed by atoms with Gasteiger partial charge in [-0.25, -0.2) is 0 Å². The number of nitro groups is 1. The third-order valence-corrected chi connectivity index (χ3v) is 4.44. The monoisotopic (exact) mass is 403 g/mol. The largest absolute Gasteiger partial charge is 0.279 e. The van der Waals surface area contributed by atoms with Crippen LogP contribution in [0.2, 0.25) is 5.02 Å². The van der Waals surface area contributed by atoms with Crippen LogP contribution in [0, 0.1) is 10.1 Å². The molecular formula is C12H7BrClN3O4S. The number of hydrazine groups is 1. The van der Waals surface area contributed by atoms with Gasteiger partial charge in [0.05, 0.1) is 24.2 Å². The third kappa shape index (κ3) is 3.81. The number of thiophene rings is 1. The molecule has 0 fully saturated rings. The summed E-state index contributed by atoms with van der Waals surface area (Å²) in [6.45, 7) is 0. The van der Waals surface area contributed by atoms with Crippen LogP contribution in [0.25, 0.3) is 0 Å². The Bertz CT molecular complexity index is 765. The van der Waals surface area contributed by atoms with Crippen molar-refractivity contribution in [1.82, 2.24) is 10.9 Å². The Kier molecular flexibility index (Phi) is 5.11. The highest BCUT2D eigenvalue weighted by atomic mass is 79.9. The molecule has 0 unspecified atom stereocenters. The number of rotatable bonds is 3. The summed E-state index contributed by atoms with van der Waals surface area (Å²) in [7, 11) is 0. The van der Waals surface area contributed by atoms with E-state index in [0.717, 1.165) is 9.85 Å². The maximum absolute atomic E-state index is 11.9. The molecule has 2 amide bonds. The van der Waals surface area contributed by atoms with Gasteiger partial charge < -0.3 is 0 Å². The molecule has 0 atom stereocenters. The summed E-state index contributed by atoms with van der Waals surface area (Å²) in [5, 5.41) is 10.7. The minimum atomic E-state index is -0.752. The molecule has 0 radical (unpaired) electrons. The lowest BCUT2D eigenvalue weighted by molar-refractivity contribution is -0.384. The van der Waals surface area contributed by atoms with E-state index in [0.29, 0.717) is 4.88 Å². The van der Waals surface area contributed by atoms with Crippen molar-refractivity contribution in [3.8, 4) is 0 Å². The van der Waals surface area contributed by atoms with Crippen LogP contribution in [0.1, 0.15) is 20.0 Å². The normalized spacial score (nSPS) is 10.1. The average Bonchev–Trinajstić information content (AvgIpc) is 2.91. The number of nitrogens with zero attached hydrogens (tertiary/aromatic N) is 1. The van der Waals surface area contributed by atoms with Crippen molar-refractivity contribution in [2.24, 2.45) is 0 Å². The minimum Gasteiger partial charge on any atom is -0.267 e. The zero-order chi connectivity index (χ0) is 16.3. The molecule has 114 valence electrons. The molecule has 10 heteroatoms. The summed E-state index contributed by atoms with van der Waals surface area (Å²) in [5.74, 6) is -1.26. The molecule has 2 N–H and O–H groups in total. The van der Waals surface area contributed by atoms with Crippen molar-refractivity contribution in [2.75, 3.05) is 0 Å². The first-order valence-electron chi connectivity index (χ1n) is 5.68. The van der Waals surface area contributed by atoms with Crippen LogP contribution in [-0.4, -0.2) is 16.7 Å². The lowest BCUT2D eigenvalue weighted by Crippen LogP contribution is -2.41. The number of carbonyl (C=O) groups excluding carboxylic acids is 2. The summed E-state index contributed by atoms with van der Waals surface area (Å²) >= 11 is 10.2. The van der Waals surface area contributed by atoms with E-state index in [9.17, 15) is 19.7 Å². The van der Waals surface area contributed by atoms with E-state index in [4.69, 9.17) is 11.6 Å². The zero-order valence-corrected chi connectivity index (χ0v) is 13.8. The highest BCUT2D eigenvalue weighted by Gasteiger charge is 2.17. The van der Waals surface area contributed by atoms with Crippen LogP contribution < -0.4 is 10.9 Å². The van der Waals surface area contributed by atoms with Crippen LogP contribution in [0.3, 0.4) is 0 Å². The van der Waals surface area contributed by atoms with Gasteiger partial charge in [0.25, 0.3) is 17.5 Å². The second-order valence-corrected chi connectivity index (χ2v) is 6.80. The van der Waals surface area contributed by atoms with Gasteiger partial charge in [-0.1, -0.05) is 11.6 Å². The Morgan fingerprint density at radius 1 is 1.18 bits per heavy atom. The Morgan fingerprint density at radius 3 is 2.45 bits per heavy atom. The van der Waals surface area contributed by atoms with Crippen molar-refractivity contribution < 1.29 is 14.5 Å². The number of halogens is 2. The van der Waals surface area contributed by atoms with E-state index >= 15 is 0 Å². The molecule has 1 aromatic heterocycles. The van der Waals surface area contributed by atoms with E-state index in [1.165, 1.54) is 23.5 Å². The molecule has 1 heterocycles. The topological polar surface area (TPSA) is 101 Å². The number of hydrogen-bond donors (Lipinski definition) is 2. The first-order valence-corrected chi connectivity index (χ1v) is 7.67. The van der Waals surface area contributed by atoms with Crippen LogP contribution >= 0.6 is 38.9 Å². The van der Waals surface area contributed by atoms with Gasteiger partial charge in [-0.05, 0) is 34.1 Å². The summed E-state index contributed by atoms with van der Waals surface area (Å²) in [6, 6.07) is 6.73. The van der Waals surface area contributed by atoms with Gasteiger partial charge in [0, 0.05) is 12.1 Å². The molecule has 0 saturated heterocycles. The van der Waals surface area contributed by atoms with Crippen LogP contribution in [0.4, 0.5) is 5.69 Å². The van der Waals surface area contributed by atoms with Gasteiger partial charge in [-0.15, -0.1) is 11.3 Å². The predicted molar refractivity (Wildman–Crippen MR) is 85.1 cm³/mol. The first-order chi connectivity index (χ1) is 10.4. The highest BCUT2D eigenvalue weighted by molar-refractivity contribution is 9.11. The first kappa shape index (κ1) is 16.4. The molecule has 0 aliphatic carbocycles. The van der Waals surface area contributed by atoms with E-state index in [1.54, 1.807) is 12.1 Å². The molecule has 0 aliphatic heterocycles. The lowest BCUT2D eigenvalue weighted by atomic mass is 10.2. The van der Waals surface area contributed by atoms with Crippen molar-refractivity contribution in [3.05, 3.63) is 59.7 Å². The number of nitrogens with one attached hydrogen (secondary N) is 2. The van der Waals surface area contributed by atoms with E-state index in [1.807, 2.05) is 0 Å². The summed E-state index contributed by atoms with van der Waals surface area (Å²) in [4.78, 5) is 34.2. The number of nitro benzene ring substituents is 1. The quantitative estimate of drug-likeness (QED) is 0.606. The molecule has 0 spiro atoms. The smallest absolute Gasteiger partial charge is 0.267 e. The van der Waals surface area contributed by atoms with Gasteiger partial charge >= 0.3 is 0 Å². The Labute approximate surface area is 141 Å². The van der Waals surface area contributed by atoms with Crippen molar-refractivity contribution in [1.29, 1.82) is 0 Å². The average molecular weight is 405 g/mol. The van der Waals surface area contributed by atoms with E-state index < -0.39 is 16.7 Å². The molecule has 2 rings (SSSR count). The Hall–Kier alpha value is -1.97. The highest BCUT2D eigenvalue weighted by Crippen LogP contribution is 2.23. The van der Waals surface area contributed by atoms with Gasteiger partial charge in [0.15, 0.2) is 0 Å². The van der Waals surface area contributed by atoms with E-state index in [2.05, 4.69) is 26.8 Å². The fraction of sp³-hybridized carbons (Fsp3) is 0. The second kappa shape index (κ2) is 6.86. The van der Waals surface area contributed by atoms with Gasteiger partial charge in [-0.3, -0.25) is 30.6 Å². The Balaban J connectivity index is 2.08. The zero-order valence-electron chi connectivity index (χ0n) is 10.6. The van der Waals surface area contributed by atoms with Crippen molar-refractivity contribution in [2.45, 2.75) is 0 Å². The second-order valence-electron chi connectivity index (χ2n) is 3.93. The van der Waals surface area contributed by atoms with E-state index in [-0.39, 0.29) is 16.3 Å². The van der Waals surface area contributed by atoms with Crippen LogP contribution in [0.15, 0.2) is 34.1 Å². The summed E-state index contributed by atoms with van der Waals surface area (Å²) in [6.07, 6.45) is 0. The number of amides is 2. The minimum absolute atomic E-state index is 0.0382. The number of non-ortho nitro benzene ring substituents is 1. The van der Waals surface area contributed by atoms with Gasteiger partial charge in [-0.2, -0.15) is 0 Å². The number of hydrogen-bond acceptors (Lipinski definition) is 5. The molecule has 2 aromatic rings.